The molecule has 0 amide bonds. The fourth-order valence-corrected chi connectivity index (χ4v) is 0.826. The molecule has 0 atom stereocenters. The zero-order valence-corrected chi connectivity index (χ0v) is 7.42. The Balaban J connectivity index is 2.80. The summed E-state index contributed by atoms with van der Waals surface area (Å²) in [5.74, 6) is 0.0806. The highest BCUT2D eigenvalue weighted by atomic mass is 79.9. The maximum absolute atomic E-state index is 10.8. The van der Waals surface area contributed by atoms with E-state index in [4.69, 9.17) is 4.42 Å². The number of carbonyl (C=O) groups excluding carboxylic acids is 1. The van der Waals surface area contributed by atoms with Crippen LogP contribution >= 0.6 is 15.9 Å². The molecule has 60 valence electrons. The lowest BCUT2D eigenvalue weighted by atomic mass is 10.5. The van der Waals surface area contributed by atoms with Gasteiger partial charge in [-0.3, -0.25) is 0 Å². The number of nitrogens with zero attached hydrogens (tertiary/aromatic N) is 1. The van der Waals surface area contributed by atoms with Crippen LogP contribution in [-0.4, -0.2) is 18.1 Å². The van der Waals surface area contributed by atoms with Crippen LogP contribution in [0.15, 0.2) is 10.6 Å². The molecule has 0 radical (unpaired) electrons. The maximum atomic E-state index is 10.8. The molecule has 4 nitrogen and oxygen atoms in total. The predicted molar refractivity (Wildman–Crippen MR) is 40.5 cm³/mol. The monoisotopic (exact) mass is 219 g/mol. The number of hydrogen-bond acceptors (Lipinski definition) is 4. The Kier molecular flexibility index (Phi) is 2.64. The molecule has 0 saturated carbocycles. The van der Waals surface area contributed by atoms with E-state index >= 15 is 0 Å². The van der Waals surface area contributed by atoms with Crippen LogP contribution in [0.1, 0.15) is 16.4 Å². The van der Waals surface area contributed by atoms with Crippen molar-refractivity contribution in [1.82, 2.24) is 4.98 Å². The largest absolute Gasteiger partial charge is 0.463 e. The first kappa shape index (κ1) is 8.26. The molecular formula is C6H6BrNO3. The van der Waals surface area contributed by atoms with Crippen LogP contribution in [-0.2, 0) is 10.1 Å². The number of hydrogen-bond donors (Lipinski definition) is 0. The van der Waals surface area contributed by atoms with Gasteiger partial charge in [-0.05, 0) is 0 Å². The minimum atomic E-state index is -0.510. The minimum Gasteiger partial charge on any atom is -0.463 e. The van der Waals surface area contributed by atoms with Crippen LogP contribution in [0.4, 0.5) is 0 Å². The first-order chi connectivity index (χ1) is 5.27. The Morgan fingerprint density at radius 1 is 1.91 bits per heavy atom. The van der Waals surface area contributed by atoms with E-state index in [0.29, 0.717) is 11.2 Å². The quantitative estimate of drug-likeness (QED) is 0.557. The average Bonchev–Trinajstić information content (AvgIpc) is 2.50. The third-order valence-electron chi connectivity index (χ3n) is 1.05. The number of rotatable bonds is 2. The summed E-state index contributed by atoms with van der Waals surface area (Å²) in [5, 5.41) is 0.490. The molecule has 5 heteroatoms. The maximum Gasteiger partial charge on any atom is 0.375 e. The van der Waals surface area contributed by atoms with E-state index in [-0.39, 0.29) is 5.76 Å². The number of aromatic nitrogens is 1. The molecule has 0 unspecified atom stereocenters. The van der Waals surface area contributed by atoms with Crippen molar-refractivity contribution in [2.75, 3.05) is 7.11 Å². The molecule has 0 bridgehead atoms. The van der Waals surface area contributed by atoms with Gasteiger partial charge in [-0.1, -0.05) is 15.9 Å². The van der Waals surface area contributed by atoms with Crippen molar-refractivity contribution in [1.29, 1.82) is 0 Å². The zero-order chi connectivity index (χ0) is 8.27. The van der Waals surface area contributed by atoms with E-state index in [2.05, 4.69) is 25.7 Å². The fourth-order valence-electron chi connectivity index (χ4n) is 0.567. The standard InChI is InChI=1S/C6H6BrNO3/c1-10-6(9)4-3-8-5(2-7)11-4/h3H,2H2,1H3. The van der Waals surface area contributed by atoms with Gasteiger partial charge in [0.25, 0.3) is 0 Å². The molecule has 0 fully saturated rings. The normalized spacial score (nSPS) is 9.64. The van der Waals surface area contributed by atoms with E-state index in [0.717, 1.165) is 0 Å². The third kappa shape index (κ3) is 1.80. The lowest BCUT2D eigenvalue weighted by molar-refractivity contribution is 0.0563. The molecule has 0 spiro atoms. The van der Waals surface area contributed by atoms with Gasteiger partial charge >= 0.3 is 5.97 Å². The van der Waals surface area contributed by atoms with E-state index < -0.39 is 5.97 Å². The van der Waals surface area contributed by atoms with E-state index in [1.807, 2.05) is 0 Å². The number of alkyl halides is 1. The number of methoxy groups -OCH3 is 1. The van der Waals surface area contributed by atoms with Crippen LogP contribution < -0.4 is 0 Å². The lowest BCUT2D eigenvalue weighted by Gasteiger charge is -1.90. The molecule has 1 heterocycles. The van der Waals surface area contributed by atoms with Gasteiger partial charge in [-0.15, -0.1) is 0 Å². The van der Waals surface area contributed by atoms with Crippen molar-refractivity contribution in [3.63, 3.8) is 0 Å². The van der Waals surface area contributed by atoms with Crippen molar-refractivity contribution in [3.05, 3.63) is 17.8 Å². The van der Waals surface area contributed by atoms with Gasteiger partial charge in [0.2, 0.25) is 11.7 Å². The summed E-state index contributed by atoms with van der Waals surface area (Å²) in [4.78, 5) is 14.6. The van der Waals surface area contributed by atoms with Crippen LogP contribution in [0.25, 0.3) is 0 Å². The summed E-state index contributed by atoms with van der Waals surface area (Å²) >= 11 is 3.13. The van der Waals surface area contributed by atoms with E-state index in [1.165, 1.54) is 13.3 Å². The first-order valence-corrected chi connectivity index (χ1v) is 3.99. The Labute approximate surface area is 71.7 Å². The Morgan fingerprint density at radius 3 is 3.09 bits per heavy atom. The molecule has 0 N–H and O–H groups in total. The fraction of sp³-hybridized carbons (Fsp3) is 0.333. The van der Waals surface area contributed by atoms with Crippen molar-refractivity contribution < 1.29 is 13.9 Å². The molecule has 11 heavy (non-hydrogen) atoms. The van der Waals surface area contributed by atoms with Gasteiger partial charge in [0, 0.05) is 0 Å². The smallest absolute Gasteiger partial charge is 0.375 e. The summed E-state index contributed by atoms with van der Waals surface area (Å²) in [5.41, 5.74) is 0. The number of oxazole rings is 1. The summed E-state index contributed by atoms with van der Waals surface area (Å²) in [7, 11) is 1.29. The molecular weight excluding hydrogens is 214 g/mol. The van der Waals surface area contributed by atoms with Gasteiger partial charge in [0.05, 0.1) is 18.6 Å². The number of carbonyl (C=O) groups is 1. The summed E-state index contributed by atoms with van der Waals surface area (Å²) in [6.07, 6.45) is 1.34. The Bertz CT molecular complexity index is 258. The Hall–Kier alpha value is -0.840. The molecule has 0 aliphatic carbocycles. The minimum absolute atomic E-state index is 0.127. The predicted octanol–water partition coefficient (Wildman–Crippen LogP) is 1.36. The molecule has 0 aliphatic rings. The molecule has 0 aromatic carbocycles. The van der Waals surface area contributed by atoms with Gasteiger partial charge in [0.1, 0.15) is 0 Å². The molecule has 0 saturated heterocycles. The molecule has 0 aliphatic heterocycles. The third-order valence-corrected chi connectivity index (χ3v) is 1.53. The number of esters is 1. The molecule has 1 aromatic heterocycles. The highest BCUT2D eigenvalue weighted by molar-refractivity contribution is 9.08. The van der Waals surface area contributed by atoms with Gasteiger partial charge in [0.15, 0.2) is 0 Å². The van der Waals surface area contributed by atoms with Crippen LogP contribution in [0, 0.1) is 0 Å². The molecule has 1 rings (SSSR count). The number of ether oxygens (including phenoxy) is 1. The zero-order valence-electron chi connectivity index (χ0n) is 5.83. The number of halogens is 1. The van der Waals surface area contributed by atoms with Crippen LogP contribution in [0.5, 0.6) is 0 Å². The van der Waals surface area contributed by atoms with Gasteiger partial charge in [-0.25, -0.2) is 9.78 Å². The van der Waals surface area contributed by atoms with E-state index in [9.17, 15) is 4.79 Å². The average molecular weight is 220 g/mol. The lowest BCUT2D eigenvalue weighted by Crippen LogP contribution is -1.98. The SMILES string of the molecule is COC(=O)c1cnc(CBr)o1. The van der Waals surface area contributed by atoms with Crippen LogP contribution in [0.3, 0.4) is 0 Å². The van der Waals surface area contributed by atoms with Gasteiger partial charge in [-0.2, -0.15) is 0 Å². The second-order valence-corrected chi connectivity index (χ2v) is 2.30. The van der Waals surface area contributed by atoms with E-state index in [1.54, 1.807) is 0 Å². The molecule has 1 aromatic rings. The highest BCUT2D eigenvalue weighted by Gasteiger charge is 2.10. The first-order valence-electron chi connectivity index (χ1n) is 2.87. The summed E-state index contributed by atoms with van der Waals surface area (Å²) in [6, 6.07) is 0. The summed E-state index contributed by atoms with van der Waals surface area (Å²) in [6.45, 7) is 0. The topological polar surface area (TPSA) is 52.3 Å². The van der Waals surface area contributed by atoms with Crippen molar-refractivity contribution in [2.24, 2.45) is 0 Å². The van der Waals surface area contributed by atoms with Gasteiger partial charge < -0.3 is 9.15 Å². The second-order valence-electron chi connectivity index (χ2n) is 1.74. The van der Waals surface area contributed by atoms with Crippen molar-refractivity contribution >= 4 is 21.9 Å². The van der Waals surface area contributed by atoms with Crippen molar-refractivity contribution in [2.45, 2.75) is 5.33 Å². The van der Waals surface area contributed by atoms with Crippen LogP contribution in [0.2, 0.25) is 0 Å². The second kappa shape index (κ2) is 3.52. The highest BCUT2D eigenvalue weighted by Crippen LogP contribution is 2.07. The van der Waals surface area contributed by atoms with Crippen molar-refractivity contribution in [3.8, 4) is 0 Å². The summed E-state index contributed by atoms with van der Waals surface area (Å²) < 4.78 is 9.36. The Morgan fingerprint density at radius 2 is 2.64 bits per heavy atom.